The largest absolute Gasteiger partial charge is 0.435 e. The number of esters is 1. The quantitative estimate of drug-likeness (QED) is 0.609. The molecule has 3 nitrogen and oxygen atoms in total. The molecule has 2 saturated carbocycles. The molecule has 1 heterocycles. The zero-order valence-electron chi connectivity index (χ0n) is 11.0. The van der Waals surface area contributed by atoms with E-state index in [1.165, 1.54) is 19.3 Å². The third-order valence-electron chi connectivity index (χ3n) is 4.71. The van der Waals surface area contributed by atoms with Crippen LogP contribution in [0.15, 0.2) is 0 Å². The Morgan fingerprint density at radius 2 is 2.06 bits per heavy atom. The molecule has 3 rings (SSSR count). The van der Waals surface area contributed by atoms with Crippen molar-refractivity contribution in [2.24, 2.45) is 17.3 Å². The van der Waals surface area contributed by atoms with E-state index in [1.807, 2.05) is 0 Å². The van der Waals surface area contributed by atoms with Crippen molar-refractivity contribution in [2.45, 2.75) is 64.8 Å². The molecule has 1 spiro atoms. The maximum absolute atomic E-state index is 12.1. The van der Waals surface area contributed by atoms with E-state index in [0.717, 1.165) is 12.8 Å². The lowest BCUT2D eigenvalue weighted by molar-refractivity contribution is -0.339. The monoisotopic (exact) mass is 238 g/mol. The summed E-state index contributed by atoms with van der Waals surface area (Å²) < 4.78 is 11.7. The fraction of sp³-hybridized carbons (Fsp3) is 0.929. The van der Waals surface area contributed by atoms with Gasteiger partial charge in [-0.25, -0.2) is 0 Å². The van der Waals surface area contributed by atoms with Crippen molar-refractivity contribution < 1.29 is 14.3 Å². The average molecular weight is 238 g/mol. The van der Waals surface area contributed by atoms with Crippen molar-refractivity contribution >= 4 is 5.97 Å². The van der Waals surface area contributed by atoms with Gasteiger partial charge in [0.2, 0.25) is 6.29 Å². The summed E-state index contributed by atoms with van der Waals surface area (Å²) in [5, 5.41) is 0. The van der Waals surface area contributed by atoms with Crippen molar-refractivity contribution in [3.8, 4) is 0 Å². The fourth-order valence-electron chi connectivity index (χ4n) is 3.64. The van der Waals surface area contributed by atoms with Crippen molar-refractivity contribution in [3.63, 3.8) is 0 Å². The zero-order chi connectivity index (χ0) is 12.3. The van der Waals surface area contributed by atoms with Gasteiger partial charge >= 0.3 is 5.97 Å². The summed E-state index contributed by atoms with van der Waals surface area (Å²) in [6, 6.07) is 0. The van der Waals surface area contributed by atoms with Gasteiger partial charge in [-0.3, -0.25) is 4.79 Å². The van der Waals surface area contributed by atoms with Gasteiger partial charge in [0.25, 0.3) is 0 Å². The van der Waals surface area contributed by atoms with Crippen LogP contribution < -0.4 is 0 Å². The Bertz CT molecular complexity index is 344. The standard InChI is InChI=1S/C14H22O3/c1-13(2,3)12-16-11(15)10-8-9-6-4-5-7-14(9,10)17-12/h9-10,12H,4-8H2,1-3H3/t9-,10-,12-,14-/m1/s1. The molecule has 4 atom stereocenters. The van der Waals surface area contributed by atoms with Crippen LogP contribution in [0.4, 0.5) is 0 Å². The Morgan fingerprint density at radius 1 is 1.29 bits per heavy atom. The molecule has 96 valence electrons. The summed E-state index contributed by atoms with van der Waals surface area (Å²) in [6.07, 6.45) is 5.36. The third-order valence-corrected chi connectivity index (χ3v) is 4.71. The van der Waals surface area contributed by atoms with Gasteiger partial charge in [-0.2, -0.15) is 0 Å². The van der Waals surface area contributed by atoms with E-state index in [1.54, 1.807) is 0 Å². The first-order chi connectivity index (χ1) is 7.93. The predicted molar refractivity (Wildman–Crippen MR) is 63.2 cm³/mol. The minimum absolute atomic E-state index is 0.0191. The summed E-state index contributed by atoms with van der Waals surface area (Å²) in [5.41, 5.74) is -0.293. The maximum Gasteiger partial charge on any atom is 0.314 e. The van der Waals surface area contributed by atoms with E-state index < -0.39 is 0 Å². The van der Waals surface area contributed by atoms with Gasteiger partial charge in [0.15, 0.2) is 0 Å². The number of ether oxygens (including phenoxy) is 2. The molecule has 2 aliphatic carbocycles. The highest BCUT2D eigenvalue weighted by molar-refractivity contribution is 5.76. The van der Waals surface area contributed by atoms with Crippen LogP contribution >= 0.6 is 0 Å². The Labute approximate surface area is 103 Å². The molecule has 0 aromatic carbocycles. The SMILES string of the molecule is CC(C)(C)[C@@H]1OC(=O)[C@H]2C[C@H]3CCCC[C@@]32O1. The highest BCUT2D eigenvalue weighted by Gasteiger charge is 2.64. The van der Waals surface area contributed by atoms with E-state index in [4.69, 9.17) is 9.47 Å². The zero-order valence-corrected chi connectivity index (χ0v) is 11.0. The van der Waals surface area contributed by atoms with E-state index >= 15 is 0 Å². The number of carbonyl (C=O) groups is 1. The van der Waals surface area contributed by atoms with Gasteiger partial charge < -0.3 is 9.47 Å². The summed E-state index contributed by atoms with van der Waals surface area (Å²) in [7, 11) is 0. The molecule has 1 saturated heterocycles. The first-order valence-corrected chi connectivity index (χ1v) is 6.82. The highest BCUT2D eigenvalue weighted by atomic mass is 16.7. The molecule has 0 bridgehead atoms. The minimum Gasteiger partial charge on any atom is -0.435 e. The second-order valence-electron chi connectivity index (χ2n) is 6.94. The number of hydrogen-bond donors (Lipinski definition) is 0. The van der Waals surface area contributed by atoms with E-state index in [0.29, 0.717) is 5.92 Å². The number of cyclic esters (lactones) is 1. The maximum atomic E-state index is 12.1. The smallest absolute Gasteiger partial charge is 0.314 e. The first-order valence-electron chi connectivity index (χ1n) is 6.82. The molecule has 0 unspecified atom stereocenters. The molecular weight excluding hydrogens is 216 g/mol. The van der Waals surface area contributed by atoms with Crippen molar-refractivity contribution in [3.05, 3.63) is 0 Å². The molecule has 17 heavy (non-hydrogen) atoms. The lowest BCUT2D eigenvalue weighted by atomic mass is 9.54. The topological polar surface area (TPSA) is 35.5 Å². The molecule has 3 fully saturated rings. The molecule has 0 aromatic rings. The van der Waals surface area contributed by atoms with Gasteiger partial charge in [0.05, 0.1) is 11.5 Å². The highest BCUT2D eigenvalue weighted by Crippen LogP contribution is 2.58. The Kier molecular flexibility index (Phi) is 2.35. The van der Waals surface area contributed by atoms with E-state index in [2.05, 4.69) is 20.8 Å². The van der Waals surface area contributed by atoms with Crippen LogP contribution in [0.5, 0.6) is 0 Å². The fourth-order valence-corrected chi connectivity index (χ4v) is 3.64. The van der Waals surface area contributed by atoms with Crippen LogP contribution in [0.25, 0.3) is 0 Å². The normalized spacial score (nSPS) is 45.4. The van der Waals surface area contributed by atoms with Gasteiger partial charge in [-0.1, -0.05) is 33.6 Å². The summed E-state index contributed by atoms with van der Waals surface area (Å²) in [5.74, 6) is 0.597. The number of rotatable bonds is 0. The van der Waals surface area contributed by atoms with Gasteiger partial charge in [0.1, 0.15) is 0 Å². The van der Waals surface area contributed by atoms with Gasteiger partial charge in [-0.05, 0) is 25.2 Å². The van der Waals surface area contributed by atoms with Crippen LogP contribution in [0.1, 0.15) is 52.9 Å². The van der Waals surface area contributed by atoms with Gasteiger partial charge in [-0.15, -0.1) is 0 Å². The summed E-state index contributed by atoms with van der Waals surface area (Å²) in [4.78, 5) is 12.1. The minimum atomic E-state index is -0.368. The molecule has 3 heteroatoms. The molecular formula is C14H22O3. The van der Waals surface area contributed by atoms with Gasteiger partial charge in [0, 0.05) is 5.41 Å². The van der Waals surface area contributed by atoms with Crippen molar-refractivity contribution in [1.82, 2.24) is 0 Å². The number of carbonyl (C=O) groups excluding carboxylic acids is 1. The molecule has 0 aromatic heterocycles. The van der Waals surface area contributed by atoms with Crippen LogP contribution in [0, 0.1) is 17.3 Å². The summed E-state index contributed by atoms with van der Waals surface area (Å²) in [6.45, 7) is 6.20. The third kappa shape index (κ3) is 1.55. The van der Waals surface area contributed by atoms with Crippen molar-refractivity contribution in [1.29, 1.82) is 0 Å². The first kappa shape index (κ1) is 11.5. The lowest BCUT2D eigenvalue weighted by Gasteiger charge is -2.61. The van der Waals surface area contributed by atoms with E-state index in [9.17, 15) is 4.79 Å². The Morgan fingerprint density at radius 3 is 2.71 bits per heavy atom. The van der Waals surface area contributed by atoms with Crippen LogP contribution in [-0.4, -0.2) is 17.9 Å². The van der Waals surface area contributed by atoms with Crippen LogP contribution in [0.3, 0.4) is 0 Å². The predicted octanol–water partition coefficient (Wildman–Crippen LogP) is 2.88. The molecule has 0 amide bonds. The average Bonchev–Trinajstić information content (AvgIpc) is 2.18. The molecule has 1 aliphatic heterocycles. The van der Waals surface area contributed by atoms with Crippen LogP contribution in [-0.2, 0) is 14.3 Å². The number of hydrogen-bond acceptors (Lipinski definition) is 3. The van der Waals surface area contributed by atoms with Crippen molar-refractivity contribution in [2.75, 3.05) is 0 Å². The van der Waals surface area contributed by atoms with E-state index in [-0.39, 0.29) is 29.2 Å². The Balaban J connectivity index is 1.86. The second kappa shape index (κ2) is 3.47. The summed E-state index contributed by atoms with van der Waals surface area (Å²) >= 11 is 0. The molecule has 0 N–H and O–H groups in total. The Hall–Kier alpha value is -0.570. The lowest BCUT2D eigenvalue weighted by Crippen LogP contribution is -2.67. The molecule has 0 radical (unpaired) electrons. The second-order valence-corrected chi connectivity index (χ2v) is 6.94. The van der Waals surface area contributed by atoms with Crippen LogP contribution in [0.2, 0.25) is 0 Å². The molecule has 3 aliphatic rings.